The van der Waals surface area contributed by atoms with Crippen LogP contribution in [0.2, 0.25) is 0 Å². The van der Waals surface area contributed by atoms with E-state index >= 15 is 0 Å². The zero-order valence-corrected chi connectivity index (χ0v) is 15.7. The van der Waals surface area contributed by atoms with E-state index in [4.69, 9.17) is 4.74 Å². The maximum absolute atomic E-state index is 12.0. The Bertz CT molecular complexity index is 917. The predicted molar refractivity (Wildman–Crippen MR) is 107 cm³/mol. The third-order valence-electron chi connectivity index (χ3n) is 3.89. The molecule has 0 bridgehead atoms. The van der Waals surface area contributed by atoms with Crippen molar-refractivity contribution >= 4 is 39.5 Å². The molecule has 3 rings (SSSR count). The van der Waals surface area contributed by atoms with Gasteiger partial charge in [0, 0.05) is 12.6 Å². The Morgan fingerprint density at radius 3 is 2.67 bits per heavy atom. The fourth-order valence-electron chi connectivity index (χ4n) is 2.49. The molecule has 0 spiro atoms. The van der Waals surface area contributed by atoms with E-state index < -0.39 is 12.1 Å². The average Bonchev–Trinajstić information content (AvgIpc) is 3.10. The Labute approximate surface area is 161 Å². The molecule has 27 heavy (non-hydrogen) atoms. The first-order chi connectivity index (χ1) is 13.1. The molecule has 0 radical (unpaired) electrons. The summed E-state index contributed by atoms with van der Waals surface area (Å²) in [6, 6.07) is 17.6. The van der Waals surface area contributed by atoms with Crippen molar-refractivity contribution in [1.29, 1.82) is 0 Å². The molecule has 0 aliphatic heterocycles. The van der Waals surface area contributed by atoms with Crippen LogP contribution in [0, 0.1) is 0 Å². The second kappa shape index (κ2) is 9.09. The van der Waals surface area contributed by atoms with E-state index in [1.807, 2.05) is 54.6 Å². The highest BCUT2D eigenvalue weighted by atomic mass is 32.1. The third kappa shape index (κ3) is 5.49. The number of rotatable bonds is 7. The normalized spacial score (nSPS) is 12.2. The lowest BCUT2D eigenvalue weighted by atomic mass is 10.1. The van der Waals surface area contributed by atoms with Crippen molar-refractivity contribution in [3.63, 3.8) is 0 Å². The van der Waals surface area contributed by atoms with E-state index in [0.29, 0.717) is 11.6 Å². The number of hydrogen-bond donors (Lipinski definition) is 1. The van der Waals surface area contributed by atoms with Crippen LogP contribution in [0.1, 0.15) is 17.5 Å². The first-order valence-electron chi connectivity index (χ1n) is 8.68. The Hall–Kier alpha value is -2.99. The number of fused-ring (bicyclic) bond motifs is 1. The number of nitrogens with one attached hydrogen (secondary N) is 1. The van der Waals surface area contributed by atoms with Gasteiger partial charge in [-0.25, -0.2) is 9.78 Å². The third-order valence-corrected chi connectivity index (χ3v) is 4.89. The summed E-state index contributed by atoms with van der Waals surface area (Å²) in [5.74, 6) is -0.882. The molecule has 0 unspecified atom stereocenters. The molecule has 0 fully saturated rings. The topological polar surface area (TPSA) is 68.3 Å². The maximum atomic E-state index is 12.0. The Kier molecular flexibility index (Phi) is 6.33. The van der Waals surface area contributed by atoms with Crippen molar-refractivity contribution in [2.24, 2.45) is 0 Å². The molecule has 2 aromatic carbocycles. The Morgan fingerprint density at radius 1 is 1.15 bits per heavy atom. The predicted octanol–water partition coefficient (Wildman–Crippen LogP) is 3.60. The molecule has 0 aliphatic rings. The molecule has 0 saturated heterocycles. The van der Waals surface area contributed by atoms with E-state index in [0.717, 1.165) is 22.2 Å². The second-order valence-corrected chi connectivity index (χ2v) is 7.02. The summed E-state index contributed by atoms with van der Waals surface area (Å²) >= 11 is 1.49. The van der Waals surface area contributed by atoms with Gasteiger partial charge in [0.1, 0.15) is 5.01 Å². The van der Waals surface area contributed by atoms with Gasteiger partial charge in [-0.05, 0) is 37.1 Å². The van der Waals surface area contributed by atoms with E-state index in [1.54, 1.807) is 13.0 Å². The monoisotopic (exact) mass is 380 g/mol. The molecule has 1 N–H and O–H groups in total. The summed E-state index contributed by atoms with van der Waals surface area (Å²) in [5, 5.41) is 3.49. The molecule has 3 aromatic rings. The van der Waals surface area contributed by atoms with E-state index in [2.05, 4.69) is 10.3 Å². The summed E-state index contributed by atoms with van der Waals surface area (Å²) < 4.78 is 6.20. The SMILES string of the molecule is C[C@H](OC(=O)/C=C/c1nc2ccccc2s1)C(=O)NCCc1ccccc1. The molecular weight excluding hydrogens is 360 g/mol. The molecule has 1 amide bonds. The minimum absolute atomic E-state index is 0.312. The number of amides is 1. The number of aromatic nitrogens is 1. The number of carbonyl (C=O) groups excluding carboxylic acids is 2. The zero-order valence-electron chi connectivity index (χ0n) is 14.9. The second-order valence-electron chi connectivity index (χ2n) is 5.96. The fraction of sp³-hybridized carbons (Fsp3) is 0.190. The number of nitrogens with zero attached hydrogens (tertiary/aromatic N) is 1. The van der Waals surface area contributed by atoms with Gasteiger partial charge in [-0.3, -0.25) is 4.79 Å². The first kappa shape index (κ1) is 18.8. The highest BCUT2D eigenvalue weighted by molar-refractivity contribution is 7.19. The Morgan fingerprint density at radius 2 is 1.89 bits per heavy atom. The lowest BCUT2D eigenvalue weighted by Crippen LogP contribution is -2.36. The van der Waals surface area contributed by atoms with Gasteiger partial charge in [0.15, 0.2) is 6.10 Å². The fourth-order valence-corrected chi connectivity index (χ4v) is 3.36. The van der Waals surface area contributed by atoms with Gasteiger partial charge in [-0.2, -0.15) is 0 Å². The number of ether oxygens (including phenoxy) is 1. The van der Waals surface area contributed by atoms with E-state index in [-0.39, 0.29) is 5.91 Å². The van der Waals surface area contributed by atoms with Crippen LogP contribution < -0.4 is 5.32 Å². The molecule has 1 aromatic heterocycles. The van der Waals surface area contributed by atoms with Gasteiger partial charge < -0.3 is 10.1 Å². The van der Waals surface area contributed by atoms with Crippen LogP contribution in [0.3, 0.4) is 0 Å². The quantitative estimate of drug-likeness (QED) is 0.502. The summed E-state index contributed by atoms with van der Waals surface area (Å²) in [6.45, 7) is 2.05. The first-order valence-corrected chi connectivity index (χ1v) is 9.49. The number of esters is 1. The van der Waals surface area contributed by atoms with Crippen LogP contribution >= 0.6 is 11.3 Å². The van der Waals surface area contributed by atoms with Crippen LogP contribution in [-0.2, 0) is 20.7 Å². The number of thiazole rings is 1. The van der Waals surface area contributed by atoms with Crippen LogP contribution in [-0.4, -0.2) is 29.5 Å². The van der Waals surface area contributed by atoms with Gasteiger partial charge in [0.25, 0.3) is 5.91 Å². The highest BCUT2D eigenvalue weighted by Gasteiger charge is 2.16. The van der Waals surface area contributed by atoms with Gasteiger partial charge in [-0.1, -0.05) is 42.5 Å². The molecule has 138 valence electrons. The lowest BCUT2D eigenvalue weighted by Gasteiger charge is -2.12. The minimum Gasteiger partial charge on any atom is -0.449 e. The number of hydrogen-bond acceptors (Lipinski definition) is 5. The van der Waals surface area contributed by atoms with E-state index in [1.165, 1.54) is 17.4 Å². The van der Waals surface area contributed by atoms with Crippen molar-refractivity contribution in [3.05, 3.63) is 71.2 Å². The van der Waals surface area contributed by atoms with Crippen LogP contribution in [0.4, 0.5) is 0 Å². The molecule has 0 saturated carbocycles. The van der Waals surface area contributed by atoms with Gasteiger partial charge >= 0.3 is 5.97 Å². The van der Waals surface area contributed by atoms with Crippen molar-refractivity contribution in [2.45, 2.75) is 19.4 Å². The smallest absolute Gasteiger partial charge is 0.331 e. The Balaban J connectivity index is 1.45. The van der Waals surface area contributed by atoms with Crippen LogP contribution in [0.15, 0.2) is 60.7 Å². The maximum Gasteiger partial charge on any atom is 0.331 e. The summed E-state index contributed by atoms with van der Waals surface area (Å²) in [4.78, 5) is 28.4. The van der Waals surface area contributed by atoms with Crippen molar-refractivity contribution in [1.82, 2.24) is 10.3 Å². The summed E-state index contributed by atoms with van der Waals surface area (Å²) in [6.07, 6.45) is 2.77. The largest absolute Gasteiger partial charge is 0.449 e. The number of carbonyl (C=O) groups is 2. The molecule has 0 aliphatic carbocycles. The molecule has 1 atom stereocenters. The number of benzene rings is 2. The van der Waals surface area contributed by atoms with Crippen molar-refractivity contribution in [2.75, 3.05) is 6.54 Å². The minimum atomic E-state index is -0.853. The van der Waals surface area contributed by atoms with Crippen molar-refractivity contribution < 1.29 is 14.3 Å². The summed E-state index contributed by atoms with van der Waals surface area (Å²) in [5.41, 5.74) is 2.03. The average molecular weight is 380 g/mol. The van der Waals surface area contributed by atoms with Crippen LogP contribution in [0.5, 0.6) is 0 Å². The lowest BCUT2D eigenvalue weighted by molar-refractivity contribution is -0.150. The number of para-hydroxylation sites is 1. The molecular formula is C21H20N2O3S. The summed E-state index contributed by atoms with van der Waals surface area (Å²) in [7, 11) is 0. The van der Waals surface area contributed by atoms with Gasteiger partial charge in [0.05, 0.1) is 10.2 Å². The molecule has 1 heterocycles. The molecule has 5 nitrogen and oxygen atoms in total. The standard InChI is InChI=1S/C21H20N2O3S/c1-15(21(25)22-14-13-16-7-3-2-4-8-16)26-20(24)12-11-19-23-17-9-5-6-10-18(17)27-19/h2-12,15H,13-14H2,1H3,(H,22,25)/b12-11+/t15-/m0/s1. The van der Waals surface area contributed by atoms with E-state index in [9.17, 15) is 9.59 Å². The van der Waals surface area contributed by atoms with Crippen molar-refractivity contribution in [3.8, 4) is 0 Å². The van der Waals surface area contributed by atoms with Crippen LogP contribution in [0.25, 0.3) is 16.3 Å². The zero-order chi connectivity index (χ0) is 19.1. The van der Waals surface area contributed by atoms with Gasteiger partial charge in [-0.15, -0.1) is 11.3 Å². The van der Waals surface area contributed by atoms with Gasteiger partial charge in [0.2, 0.25) is 0 Å². The highest BCUT2D eigenvalue weighted by Crippen LogP contribution is 2.22. The molecule has 6 heteroatoms.